The van der Waals surface area contributed by atoms with Crippen molar-refractivity contribution >= 4 is 0 Å². The lowest BCUT2D eigenvalue weighted by molar-refractivity contribution is 0.523. The van der Waals surface area contributed by atoms with Gasteiger partial charge in [0.05, 0.1) is 6.17 Å². The van der Waals surface area contributed by atoms with Crippen molar-refractivity contribution in [1.29, 1.82) is 0 Å². The molecule has 0 aromatic heterocycles. The Kier molecular flexibility index (Phi) is 6.55. The number of hydrogen-bond donors (Lipinski definition) is 2. The maximum Gasteiger partial charge on any atom is 0.0808 e. The predicted molar refractivity (Wildman–Crippen MR) is 59.4 cm³/mol. The third-order valence-corrected chi connectivity index (χ3v) is 1.75. The summed E-state index contributed by atoms with van der Waals surface area (Å²) in [7, 11) is 0. The van der Waals surface area contributed by atoms with Gasteiger partial charge in [0.15, 0.2) is 0 Å². The monoisotopic (exact) mass is 182 g/mol. The van der Waals surface area contributed by atoms with E-state index in [4.69, 9.17) is 5.73 Å². The van der Waals surface area contributed by atoms with Crippen molar-refractivity contribution in [3.05, 3.63) is 23.8 Å². The Bertz CT molecular complexity index is 181. The van der Waals surface area contributed by atoms with Gasteiger partial charge in [-0.1, -0.05) is 25.2 Å². The summed E-state index contributed by atoms with van der Waals surface area (Å²) in [5.74, 6) is 0. The summed E-state index contributed by atoms with van der Waals surface area (Å²) < 4.78 is 0. The number of hydrogen-bond acceptors (Lipinski definition) is 2. The number of nitrogens with one attached hydrogen (secondary N) is 1. The Morgan fingerprint density at radius 1 is 1.46 bits per heavy atom. The summed E-state index contributed by atoms with van der Waals surface area (Å²) in [6.45, 7) is 8.32. The summed E-state index contributed by atoms with van der Waals surface area (Å²) in [5, 5.41) is 3.26. The van der Waals surface area contributed by atoms with Gasteiger partial charge in [0.1, 0.15) is 0 Å². The maximum absolute atomic E-state index is 5.94. The second kappa shape index (κ2) is 6.87. The van der Waals surface area contributed by atoms with Gasteiger partial charge in [-0.15, -0.1) is 0 Å². The second-order valence-electron chi connectivity index (χ2n) is 3.40. The van der Waals surface area contributed by atoms with Crippen LogP contribution in [0.15, 0.2) is 23.8 Å². The molecule has 0 saturated heterocycles. The summed E-state index contributed by atoms with van der Waals surface area (Å²) in [6, 6.07) is 0.417. The highest BCUT2D eigenvalue weighted by Gasteiger charge is 2.05. The average molecular weight is 182 g/mol. The minimum absolute atomic E-state index is 0.0483. The normalized spacial score (nSPS) is 15.7. The van der Waals surface area contributed by atoms with Crippen molar-refractivity contribution in [1.82, 2.24) is 5.32 Å². The van der Waals surface area contributed by atoms with Gasteiger partial charge in [0.25, 0.3) is 0 Å². The van der Waals surface area contributed by atoms with E-state index in [9.17, 15) is 0 Å². The molecule has 0 aromatic rings. The zero-order valence-electron chi connectivity index (χ0n) is 9.17. The van der Waals surface area contributed by atoms with Crippen LogP contribution in [0.1, 0.15) is 34.1 Å². The Morgan fingerprint density at radius 2 is 2.08 bits per heavy atom. The molecule has 0 aliphatic rings. The molecule has 76 valence electrons. The van der Waals surface area contributed by atoms with Crippen molar-refractivity contribution in [3.63, 3.8) is 0 Å². The smallest absolute Gasteiger partial charge is 0.0808 e. The molecule has 2 nitrogen and oxygen atoms in total. The first kappa shape index (κ1) is 12.4. The molecule has 0 amide bonds. The van der Waals surface area contributed by atoms with Crippen LogP contribution in [-0.2, 0) is 0 Å². The molecule has 2 heteroatoms. The van der Waals surface area contributed by atoms with E-state index in [1.165, 1.54) is 0 Å². The lowest BCUT2D eigenvalue weighted by Gasteiger charge is -2.17. The fraction of sp³-hybridized carbons (Fsp3) is 0.636. The number of allylic oxidation sites excluding steroid dienone is 2. The molecular formula is C11H22N2. The van der Waals surface area contributed by atoms with Crippen LogP contribution in [-0.4, -0.2) is 12.2 Å². The fourth-order valence-electron chi connectivity index (χ4n) is 1.09. The van der Waals surface area contributed by atoms with Gasteiger partial charge in [0, 0.05) is 6.04 Å². The van der Waals surface area contributed by atoms with Gasteiger partial charge in [-0.25, -0.2) is 0 Å². The standard InChI is InChI=1S/C11H22N2/c1-5-7-8-10(6-2)11(12)13-9(3)4/h6-9,11,13H,5,12H2,1-4H3/b8-7-,10-6+. The highest BCUT2D eigenvalue weighted by molar-refractivity contribution is 5.22. The topological polar surface area (TPSA) is 38.0 Å². The van der Waals surface area contributed by atoms with Gasteiger partial charge in [-0.05, 0) is 32.8 Å². The zero-order chi connectivity index (χ0) is 10.3. The maximum atomic E-state index is 5.94. The molecule has 0 aromatic carbocycles. The van der Waals surface area contributed by atoms with E-state index in [1.54, 1.807) is 0 Å². The molecule has 1 atom stereocenters. The number of nitrogens with two attached hydrogens (primary N) is 1. The van der Waals surface area contributed by atoms with Gasteiger partial charge in [0.2, 0.25) is 0 Å². The molecule has 0 radical (unpaired) electrons. The lowest BCUT2D eigenvalue weighted by atomic mass is 10.1. The molecule has 0 aliphatic heterocycles. The highest BCUT2D eigenvalue weighted by Crippen LogP contribution is 2.01. The van der Waals surface area contributed by atoms with Crippen molar-refractivity contribution in [2.45, 2.75) is 46.3 Å². The van der Waals surface area contributed by atoms with Crippen LogP contribution in [0.3, 0.4) is 0 Å². The molecule has 0 rings (SSSR count). The van der Waals surface area contributed by atoms with E-state index in [0.717, 1.165) is 12.0 Å². The van der Waals surface area contributed by atoms with Crippen LogP contribution in [0.25, 0.3) is 0 Å². The van der Waals surface area contributed by atoms with Crippen molar-refractivity contribution < 1.29 is 0 Å². The minimum atomic E-state index is -0.0483. The van der Waals surface area contributed by atoms with Crippen molar-refractivity contribution in [2.75, 3.05) is 0 Å². The summed E-state index contributed by atoms with van der Waals surface area (Å²) >= 11 is 0. The van der Waals surface area contributed by atoms with Crippen LogP contribution in [0.4, 0.5) is 0 Å². The van der Waals surface area contributed by atoms with Gasteiger partial charge >= 0.3 is 0 Å². The number of rotatable bonds is 5. The lowest BCUT2D eigenvalue weighted by Crippen LogP contribution is -2.42. The third-order valence-electron chi connectivity index (χ3n) is 1.75. The van der Waals surface area contributed by atoms with Gasteiger partial charge in [-0.2, -0.15) is 0 Å². The second-order valence-corrected chi connectivity index (χ2v) is 3.40. The highest BCUT2D eigenvalue weighted by atomic mass is 15.0. The molecule has 13 heavy (non-hydrogen) atoms. The molecule has 0 saturated carbocycles. The van der Waals surface area contributed by atoms with Crippen LogP contribution < -0.4 is 11.1 Å². The molecule has 0 spiro atoms. The quantitative estimate of drug-likeness (QED) is 0.505. The van der Waals surface area contributed by atoms with E-state index < -0.39 is 0 Å². The van der Waals surface area contributed by atoms with Gasteiger partial charge in [-0.3, -0.25) is 5.32 Å². The molecule has 0 fully saturated rings. The first-order chi connectivity index (χ1) is 6.11. The van der Waals surface area contributed by atoms with Crippen LogP contribution >= 0.6 is 0 Å². The minimum Gasteiger partial charge on any atom is -0.312 e. The van der Waals surface area contributed by atoms with Crippen LogP contribution in [0.5, 0.6) is 0 Å². The average Bonchev–Trinajstić information content (AvgIpc) is 2.04. The summed E-state index contributed by atoms with van der Waals surface area (Å²) in [5.41, 5.74) is 7.09. The summed E-state index contributed by atoms with van der Waals surface area (Å²) in [6.07, 6.45) is 7.25. The molecule has 0 bridgehead atoms. The Morgan fingerprint density at radius 3 is 2.46 bits per heavy atom. The van der Waals surface area contributed by atoms with E-state index in [0.29, 0.717) is 6.04 Å². The zero-order valence-corrected chi connectivity index (χ0v) is 9.17. The Labute approximate surface area is 81.9 Å². The SMILES string of the molecule is C/C=C(\C=C/CC)C(N)NC(C)C. The molecule has 1 unspecified atom stereocenters. The van der Waals surface area contributed by atoms with E-state index >= 15 is 0 Å². The van der Waals surface area contributed by atoms with Crippen molar-refractivity contribution in [2.24, 2.45) is 5.73 Å². The summed E-state index contributed by atoms with van der Waals surface area (Å²) in [4.78, 5) is 0. The fourth-order valence-corrected chi connectivity index (χ4v) is 1.09. The third kappa shape index (κ3) is 5.61. The van der Waals surface area contributed by atoms with Gasteiger partial charge < -0.3 is 5.73 Å². The molecular weight excluding hydrogens is 160 g/mol. The van der Waals surface area contributed by atoms with Crippen LogP contribution in [0.2, 0.25) is 0 Å². The Balaban J connectivity index is 4.16. The van der Waals surface area contributed by atoms with Crippen LogP contribution in [0, 0.1) is 0 Å². The predicted octanol–water partition coefficient (Wildman–Crippen LogP) is 2.18. The first-order valence-electron chi connectivity index (χ1n) is 4.96. The molecule has 0 heterocycles. The van der Waals surface area contributed by atoms with E-state index in [-0.39, 0.29) is 6.17 Å². The van der Waals surface area contributed by atoms with Crippen molar-refractivity contribution in [3.8, 4) is 0 Å². The van der Waals surface area contributed by atoms with E-state index in [1.807, 2.05) is 13.0 Å². The first-order valence-corrected chi connectivity index (χ1v) is 4.96. The largest absolute Gasteiger partial charge is 0.312 e. The Hall–Kier alpha value is -0.600. The van der Waals surface area contributed by atoms with E-state index in [2.05, 4.69) is 38.2 Å². The molecule has 0 aliphatic carbocycles. The molecule has 3 N–H and O–H groups in total.